The van der Waals surface area contributed by atoms with Gasteiger partial charge in [-0.05, 0) is 19.1 Å². The van der Waals surface area contributed by atoms with Crippen LogP contribution in [0.2, 0.25) is 0 Å². The van der Waals surface area contributed by atoms with Gasteiger partial charge in [0.1, 0.15) is 17.7 Å². The van der Waals surface area contributed by atoms with E-state index in [1.807, 2.05) is 37.3 Å². The van der Waals surface area contributed by atoms with Gasteiger partial charge in [0.2, 0.25) is 0 Å². The molecule has 1 aromatic heterocycles. The van der Waals surface area contributed by atoms with Crippen molar-refractivity contribution in [1.82, 2.24) is 5.16 Å². The Kier molecular flexibility index (Phi) is 2.96. The van der Waals surface area contributed by atoms with E-state index in [-0.39, 0.29) is 0 Å². The third-order valence-corrected chi connectivity index (χ3v) is 2.30. The van der Waals surface area contributed by atoms with Crippen molar-refractivity contribution in [3.63, 3.8) is 0 Å². The minimum atomic E-state index is 0.706. The van der Waals surface area contributed by atoms with Crippen molar-refractivity contribution >= 4 is 12.4 Å². The minimum absolute atomic E-state index is 0.706. The van der Waals surface area contributed by atoms with Crippen LogP contribution in [0.1, 0.15) is 11.3 Å². The van der Waals surface area contributed by atoms with Crippen LogP contribution in [-0.4, -0.2) is 11.4 Å². The third kappa shape index (κ3) is 1.93. The van der Waals surface area contributed by atoms with E-state index in [1.165, 1.54) is 6.08 Å². The summed E-state index contributed by atoms with van der Waals surface area (Å²) in [5.41, 5.74) is 2.58. The Morgan fingerprint density at radius 2 is 2.00 bits per heavy atom. The highest BCUT2D eigenvalue weighted by Crippen LogP contribution is 2.25. The number of aryl methyl sites for hydroxylation is 1. The second-order valence-corrected chi connectivity index (χ2v) is 3.36. The molecule has 0 atom stereocenters. The Morgan fingerprint density at radius 1 is 1.25 bits per heavy atom. The van der Waals surface area contributed by atoms with E-state index in [2.05, 4.69) is 5.16 Å². The Balaban J connectivity index is 2.50. The molecule has 0 fully saturated rings. The largest absolute Gasteiger partial charge is 0.360 e. The van der Waals surface area contributed by atoms with Gasteiger partial charge in [-0.25, -0.2) is 0 Å². The summed E-state index contributed by atoms with van der Waals surface area (Å²) in [6.07, 6.45) is 3.88. The molecule has 0 saturated carbocycles. The van der Waals surface area contributed by atoms with Crippen LogP contribution in [0.15, 0.2) is 40.9 Å². The van der Waals surface area contributed by atoms with E-state index < -0.39 is 0 Å². The van der Waals surface area contributed by atoms with Gasteiger partial charge in [-0.1, -0.05) is 35.5 Å². The molecule has 1 aromatic carbocycles. The molecule has 3 nitrogen and oxygen atoms in total. The maximum absolute atomic E-state index is 10.3. The minimum Gasteiger partial charge on any atom is -0.360 e. The van der Waals surface area contributed by atoms with Crippen LogP contribution in [0, 0.1) is 6.92 Å². The topological polar surface area (TPSA) is 43.1 Å². The molecule has 0 saturated heterocycles. The first-order valence-corrected chi connectivity index (χ1v) is 4.96. The van der Waals surface area contributed by atoms with Crippen LogP contribution in [0.5, 0.6) is 0 Å². The molecule has 0 bridgehead atoms. The molecule has 0 aliphatic heterocycles. The molecule has 80 valence electrons. The number of rotatable bonds is 3. The first-order valence-electron chi connectivity index (χ1n) is 4.96. The zero-order valence-electron chi connectivity index (χ0n) is 8.88. The lowest BCUT2D eigenvalue weighted by Crippen LogP contribution is -1.81. The van der Waals surface area contributed by atoms with Crippen LogP contribution < -0.4 is 0 Å². The Hall–Kier alpha value is -2.16. The van der Waals surface area contributed by atoms with E-state index in [4.69, 9.17) is 4.52 Å². The zero-order chi connectivity index (χ0) is 11.4. The number of carbonyl (C=O) groups is 1. The van der Waals surface area contributed by atoms with Crippen molar-refractivity contribution < 1.29 is 9.32 Å². The van der Waals surface area contributed by atoms with Gasteiger partial charge in [-0.2, -0.15) is 0 Å². The summed E-state index contributed by atoms with van der Waals surface area (Å²) in [6, 6.07) is 9.72. The maximum atomic E-state index is 10.3. The van der Waals surface area contributed by atoms with E-state index in [0.29, 0.717) is 5.76 Å². The lowest BCUT2D eigenvalue weighted by Gasteiger charge is -1.96. The average Bonchev–Trinajstić information content (AvgIpc) is 2.69. The molecule has 0 spiro atoms. The number of nitrogens with zero attached hydrogens (tertiary/aromatic N) is 1. The SMILES string of the molecule is Cc1onc(-c2ccccc2)c1C=CC=O. The van der Waals surface area contributed by atoms with Crippen LogP contribution in [-0.2, 0) is 4.79 Å². The smallest absolute Gasteiger partial charge is 0.142 e. The van der Waals surface area contributed by atoms with E-state index in [9.17, 15) is 4.79 Å². The molecule has 2 rings (SSSR count). The van der Waals surface area contributed by atoms with Crippen LogP contribution in [0.3, 0.4) is 0 Å². The third-order valence-electron chi connectivity index (χ3n) is 2.30. The highest BCUT2D eigenvalue weighted by Gasteiger charge is 2.11. The van der Waals surface area contributed by atoms with Crippen LogP contribution in [0.4, 0.5) is 0 Å². The second-order valence-electron chi connectivity index (χ2n) is 3.36. The van der Waals surface area contributed by atoms with Crippen molar-refractivity contribution in [3.8, 4) is 11.3 Å². The summed E-state index contributed by atoms with van der Waals surface area (Å²) >= 11 is 0. The van der Waals surface area contributed by atoms with Gasteiger partial charge < -0.3 is 4.52 Å². The summed E-state index contributed by atoms with van der Waals surface area (Å²) in [4.78, 5) is 10.3. The molecule has 2 aromatic rings. The molecule has 3 heteroatoms. The molecule has 16 heavy (non-hydrogen) atoms. The molecule has 0 amide bonds. The first kappa shape index (κ1) is 10.4. The van der Waals surface area contributed by atoms with Gasteiger partial charge in [0.25, 0.3) is 0 Å². The van der Waals surface area contributed by atoms with E-state index >= 15 is 0 Å². The summed E-state index contributed by atoms with van der Waals surface area (Å²) in [5.74, 6) is 0.706. The molecular formula is C13H11NO2. The monoisotopic (exact) mass is 213 g/mol. The molecular weight excluding hydrogens is 202 g/mol. The number of carbonyl (C=O) groups excluding carboxylic acids is 1. The van der Waals surface area contributed by atoms with Crippen LogP contribution in [0.25, 0.3) is 17.3 Å². The fraction of sp³-hybridized carbons (Fsp3) is 0.0769. The van der Waals surface area contributed by atoms with E-state index in [1.54, 1.807) is 6.08 Å². The van der Waals surface area contributed by atoms with Crippen molar-refractivity contribution in [2.45, 2.75) is 6.92 Å². The Labute approximate surface area is 93.4 Å². The normalized spacial score (nSPS) is 10.8. The second kappa shape index (κ2) is 4.57. The highest BCUT2D eigenvalue weighted by molar-refractivity contribution is 5.79. The number of hydrogen-bond acceptors (Lipinski definition) is 3. The summed E-state index contributed by atoms with van der Waals surface area (Å²) in [7, 11) is 0. The molecule has 0 aliphatic carbocycles. The number of allylic oxidation sites excluding steroid dienone is 1. The Bertz CT molecular complexity index is 512. The zero-order valence-corrected chi connectivity index (χ0v) is 8.88. The fourth-order valence-corrected chi connectivity index (χ4v) is 1.52. The van der Waals surface area contributed by atoms with E-state index in [0.717, 1.165) is 23.1 Å². The predicted molar refractivity (Wildman–Crippen MR) is 61.8 cm³/mol. The molecule has 0 N–H and O–H groups in total. The average molecular weight is 213 g/mol. The van der Waals surface area contributed by atoms with Crippen molar-refractivity contribution in [2.75, 3.05) is 0 Å². The number of aromatic nitrogens is 1. The molecule has 0 unspecified atom stereocenters. The fourth-order valence-electron chi connectivity index (χ4n) is 1.52. The van der Waals surface area contributed by atoms with Gasteiger partial charge in [0.05, 0.1) is 0 Å². The molecule has 1 heterocycles. The van der Waals surface area contributed by atoms with Gasteiger partial charge in [-0.3, -0.25) is 4.79 Å². The molecule has 0 radical (unpaired) electrons. The number of benzene rings is 1. The van der Waals surface area contributed by atoms with Crippen molar-refractivity contribution in [3.05, 3.63) is 47.7 Å². The predicted octanol–water partition coefficient (Wildman–Crippen LogP) is 2.86. The van der Waals surface area contributed by atoms with Gasteiger partial charge >= 0.3 is 0 Å². The number of hydrogen-bond donors (Lipinski definition) is 0. The lowest BCUT2D eigenvalue weighted by molar-refractivity contribution is -0.104. The van der Waals surface area contributed by atoms with Crippen LogP contribution >= 0.6 is 0 Å². The number of aldehydes is 1. The standard InChI is InChI=1S/C13H11NO2/c1-10-12(8-5-9-15)13(14-16-10)11-6-3-2-4-7-11/h2-9H,1H3. The van der Waals surface area contributed by atoms with Gasteiger partial charge in [0, 0.05) is 11.1 Å². The quantitative estimate of drug-likeness (QED) is 0.581. The maximum Gasteiger partial charge on any atom is 0.142 e. The van der Waals surface area contributed by atoms with Crippen molar-refractivity contribution in [2.24, 2.45) is 0 Å². The summed E-state index contributed by atoms with van der Waals surface area (Å²) in [6.45, 7) is 1.82. The summed E-state index contributed by atoms with van der Waals surface area (Å²) < 4.78 is 5.13. The van der Waals surface area contributed by atoms with Crippen molar-refractivity contribution in [1.29, 1.82) is 0 Å². The first-order chi connectivity index (χ1) is 7.83. The van der Waals surface area contributed by atoms with Gasteiger partial charge in [-0.15, -0.1) is 0 Å². The van der Waals surface area contributed by atoms with Gasteiger partial charge in [0.15, 0.2) is 0 Å². The highest BCUT2D eigenvalue weighted by atomic mass is 16.5. The Morgan fingerprint density at radius 3 is 2.69 bits per heavy atom. The molecule has 0 aliphatic rings. The lowest BCUT2D eigenvalue weighted by atomic mass is 10.1. The summed E-state index contributed by atoms with van der Waals surface area (Å²) in [5, 5.41) is 4.00.